The fourth-order valence-corrected chi connectivity index (χ4v) is 1.99. The van der Waals surface area contributed by atoms with Crippen LogP contribution in [0.4, 0.5) is 0 Å². The molecule has 0 aliphatic rings. The molecule has 106 valence electrons. The molecule has 2 N–H and O–H groups in total. The van der Waals surface area contributed by atoms with Crippen molar-refractivity contribution in [3.05, 3.63) is 0 Å². The van der Waals surface area contributed by atoms with Gasteiger partial charge in [0.15, 0.2) is 0 Å². The van der Waals surface area contributed by atoms with Gasteiger partial charge in [0, 0.05) is 18.7 Å². The van der Waals surface area contributed by atoms with E-state index >= 15 is 0 Å². The van der Waals surface area contributed by atoms with Crippen LogP contribution in [-0.4, -0.2) is 29.7 Å². The largest absolute Gasteiger partial charge is 0.352 e. The maximum atomic E-state index is 11.8. The number of hydrogen-bond donors (Lipinski definition) is 3. The van der Waals surface area contributed by atoms with Gasteiger partial charge in [-0.3, -0.25) is 9.59 Å². The molecule has 0 heterocycles. The molecule has 0 aliphatic carbocycles. The van der Waals surface area contributed by atoms with Gasteiger partial charge in [-0.25, -0.2) is 0 Å². The van der Waals surface area contributed by atoms with Gasteiger partial charge in [0.2, 0.25) is 11.8 Å². The third kappa shape index (κ3) is 8.39. The number of rotatable bonds is 9. The minimum absolute atomic E-state index is 0.144. The van der Waals surface area contributed by atoms with Gasteiger partial charge in [-0.15, -0.1) is 0 Å². The number of nitrogens with one attached hydrogen (secondary N) is 2. The van der Waals surface area contributed by atoms with Gasteiger partial charge in [0.05, 0.1) is 0 Å². The Morgan fingerprint density at radius 1 is 1.17 bits per heavy atom. The molecule has 0 bridgehead atoms. The zero-order chi connectivity index (χ0) is 14.0. The molecule has 18 heavy (non-hydrogen) atoms. The van der Waals surface area contributed by atoms with E-state index in [4.69, 9.17) is 0 Å². The number of amides is 2. The summed E-state index contributed by atoms with van der Waals surface area (Å²) in [5.41, 5.74) is 0. The lowest BCUT2D eigenvalue weighted by Gasteiger charge is -2.19. The molecular formula is C13H26N2O2S. The van der Waals surface area contributed by atoms with Crippen molar-refractivity contribution in [2.24, 2.45) is 0 Å². The number of carbonyl (C=O) groups is 2. The molecular weight excluding hydrogens is 248 g/mol. The quantitative estimate of drug-likeness (QED) is 0.444. The third-order valence-corrected chi connectivity index (χ3v) is 3.12. The normalized spacial score (nSPS) is 13.8. The Kier molecular flexibility index (Phi) is 9.83. The molecule has 2 amide bonds. The van der Waals surface area contributed by atoms with Crippen molar-refractivity contribution in [1.29, 1.82) is 0 Å². The van der Waals surface area contributed by atoms with Crippen LogP contribution in [0.3, 0.4) is 0 Å². The second-order valence-corrected chi connectivity index (χ2v) is 5.06. The van der Waals surface area contributed by atoms with Crippen LogP contribution < -0.4 is 10.6 Å². The Morgan fingerprint density at radius 3 is 2.33 bits per heavy atom. The first-order valence-electron chi connectivity index (χ1n) is 6.69. The maximum Gasteiger partial charge on any atom is 0.243 e. The van der Waals surface area contributed by atoms with Crippen LogP contribution in [0.5, 0.6) is 0 Å². The molecule has 0 fully saturated rings. The van der Waals surface area contributed by atoms with Crippen LogP contribution in [0, 0.1) is 0 Å². The average molecular weight is 274 g/mol. The van der Waals surface area contributed by atoms with Gasteiger partial charge in [-0.2, -0.15) is 12.6 Å². The smallest absolute Gasteiger partial charge is 0.243 e. The molecule has 4 nitrogen and oxygen atoms in total. The monoisotopic (exact) mass is 274 g/mol. The fraction of sp³-hybridized carbons (Fsp3) is 0.846. The van der Waals surface area contributed by atoms with Crippen LogP contribution in [0.2, 0.25) is 0 Å². The van der Waals surface area contributed by atoms with Crippen LogP contribution >= 0.6 is 12.6 Å². The number of carbonyl (C=O) groups excluding carboxylic acids is 2. The lowest BCUT2D eigenvalue weighted by Crippen LogP contribution is -2.49. The summed E-state index contributed by atoms with van der Waals surface area (Å²) in [6.45, 7) is 5.57. The molecule has 0 rings (SSSR count). The first kappa shape index (κ1) is 17.3. The standard InChI is InChI=1S/C13H26N2O2S/c1-4-5-6-7-8-10(2)14-13(17)12(9-18)15-11(3)16/h10,12,18H,4-9H2,1-3H3,(H,14,17)(H,15,16). The highest BCUT2D eigenvalue weighted by Crippen LogP contribution is 2.05. The van der Waals surface area contributed by atoms with Crippen molar-refractivity contribution in [1.82, 2.24) is 10.6 Å². The molecule has 0 radical (unpaired) electrons. The first-order valence-corrected chi connectivity index (χ1v) is 7.32. The molecule has 2 unspecified atom stereocenters. The molecule has 0 spiro atoms. The lowest BCUT2D eigenvalue weighted by molar-refractivity contribution is -0.127. The Morgan fingerprint density at radius 2 is 1.83 bits per heavy atom. The van der Waals surface area contributed by atoms with E-state index in [1.165, 1.54) is 26.2 Å². The van der Waals surface area contributed by atoms with Crippen molar-refractivity contribution in [2.75, 3.05) is 5.75 Å². The molecule has 2 atom stereocenters. The number of unbranched alkanes of at least 4 members (excludes halogenated alkanes) is 3. The molecule has 0 aliphatic heterocycles. The summed E-state index contributed by atoms with van der Waals surface area (Å²) in [6.07, 6.45) is 5.77. The van der Waals surface area contributed by atoms with E-state index in [-0.39, 0.29) is 17.9 Å². The summed E-state index contributed by atoms with van der Waals surface area (Å²) in [4.78, 5) is 22.8. The summed E-state index contributed by atoms with van der Waals surface area (Å²) < 4.78 is 0. The minimum Gasteiger partial charge on any atom is -0.352 e. The highest BCUT2D eigenvalue weighted by molar-refractivity contribution is 7.80. The summed E-state index contributed by atoms with van der Waals surface area (Å²) in [5, 5.41) is 5.49. The van der Waals surface area contributed by atoms with Gasteiger partial charge in [0.25, 0.3) is 0 Å². The van der Waals surface area contributed by atoms with Crippen molar-refractivity contribution in [3.8, 4) is 0 Å². The van der Waals surface area contributed by atoms with E-state index in [0.717, 1.165) is 12.8 Å². The van der Waals surface area contributed by atoms with E-state index < -0.39 is 6.04 Å². The van der Waals surface area contributed by atoms with Crippen molar-refractivity contribution in [3.63, 3.8) is 0 Å². The lowest BCUT2D eigenvalue weighted by atomic mass is 10.1. The van der Waals surface area contributed by atoms with E-state index in [2.05, 4.69) is 30.2 Å². The van der Waals surface area contributed by atoms with Gasteiger partial charge < -0.3 is 10.6 Å². The van der Waals surface area contributed by atoms with Crippen molar-refractivity contribution < 1.29 is 9.59 Å². The second kappa shape index (κ2) is 10.2. The summed E-state index contributed by atoms with van der Waals surface area (Å²) in [5.74, 6) is -0.0449. The SMILES string of the molecule is CCCCCCC(C)NC(=O)C(CS)NC(C)=O. The third-order valence-electron chi connectivity index (χ3n) is 2.76. The Labute approximate surface area is 116 Å². The highest BCUT2D eigenvalue weighted by atomic mass is 32.1. The van der Waals surface area contributed by atoms with Crippen LogP contribution in [-0.2, 0) is 9.59 Å². The average Bonchev–Trinajstić information content (AvgIpc) is 2.31. The van der Waals surface area contributed by atoms with Crippen molar-refractivity contribution in [2.45, 2.75) is 65.0 Å². The molecule has 0 saturated carbocycles. The molecule has 0 aromatic rings. The summed E-state index contributed by atoms with van der Waals surface area (Å²) >= 11 is 4.07. The molecule has 0 aromatic carbocycles. The number of hydrogen-bond acceptors (Lipinski definition) is 3. The highest BCUT2D eigenvalue weighted by Gasteiger charge is 2.18. The van der Waals surface area contributed by atoms with E-state index in [1.807, 2.05) is 6.92 Å². The van der Waals surface area contributed by atoms with Gasteiger partial charge in [-0.05, 0) is 13.3 Å². The number of thiol groups is 1. The Balaban J connectivity index is 3.92. The van der Waals surface area contributed by atoms with E-state index in [0.29, 0.717) is 5.75 Å². The molecule has 5 heteroatoms. The van der Waals surface area contributed by atoms with Gasteiger partial charge in [0.1, 0.15) is 6.04 Å². The van der Waals surface area contributed by atoms with E-state index in [1.54, 1.807) is 0 Å². The topological polar surface area (TPSA) is 58.2 Å². The van der Waals surface area contributed by atoms with Crippen LogP contribution in [0.1, 0.15) is 52.9 Å². The zero-order valence-electron chi connectivity index (χ0n) is 11.7. The van der Waals surface area contributed by atoms with Crippen LogP contribution in [0.15, 0.2) is 0 Å². The molecule has 0 aromatic heterocycles. The first-order chi connectivity index (χ1) is 8.51. The van der Waals surface area contributed by atoms with Gasteiger partial charge in [-0.1, -0.05) is 32.6 Å². The maximum absolute atomic E-state index is 11.8. The summed E-state index contributed by atoms with van der Waals surface area (Å²) in [7, 11) is 0. The fourth-order valence-electron chi connectivity index (χ4n) is 1.73. The van der Waals surface area contributed by atoms with E-state index in [9.17, 15) is 9.59 Å². The van der Waals surface area contributed by atoms with Crippen LogP contribution in [0.25, 0.3) is 0 Å². The Hall–Kier alpha value is -0.710. The predicted octanol–water partition coefficient (Wildman–Crippen LogP) is 1.90. The predicted molar refractivity (Wildman–Crippen MR) is 77.8 cm³/mol. The van der Waals surface area contributed by atoms with Crippen molar-refractivity contribution >= 4 is 24.4 Å². The van der Waals surface area contributed by atoms with Gasteiger partial charge >= 0.3 is 0 Å². The Bertz CT molecular complexity index is 259. The zero-order valence-corrected chi connectivity index (χ0v) is 12.6. The second-order valence-electron chi connectivity index (χ2n) is 4.69. The minimum atomic E-state index is -0.538. The molecule has 0 saturated heterocycles. The summed E-state index contributed by atoms with van der Waals surface area (Å²) in [6, 6.07) is -0.394.